The van der Waals surface area contributed by atoms with Crippen LogP contribution in [0.25, 0.3) is 22.2 Å². The lowest BCUT2D eigenvalue weighted by atomic mass is 10.1. The predicted octanol–water partition coefficient (Wildman–Crippen LogP) is 1.84. The molecule has 7 N–H and O–H groups in total. The molecule has 1 aromatic carbocycles. The minimum atomic E-state index is -0.642. The smallest absolute Gasteiger partial charge is 0.276 e. The number of nitrogens with one attached hydrogen (secondary N) is 1. The number of amides is 3. The number of nitrogen functional groups attached to an aromatic ring is 1. The zero-order chi connectivity index (χ0) is 35.8. The minimum absolute atomic E-state index is 0.192. The molecule has 51 heavy (non-hydrogen) atoms. The van der Waals surface area contributed by atoms with Crippen LogP contribution in [0, 0.1) is 6.92 Å². The van der Waals surface area contributed by atoms with Gasteiger partial charge in [0.05, 0.1) is 36.1 Å². The Morgan fingerprint density at radius 3 is 2.51 bits per heavy atom. The molecule has 2 saturated heterocycles. The van der Waals surface area contributed by atoms with Crippen molar-refractivity contribution >= 4 is 51.8 Å². The fourth-order valence-corrected chi connectivity index (χ4v) is 6.80. The lowest BCUT2D eigenvalue weighted by Gasteiger charge is -2.26. The van der Waals surface area contributed by atoms with Crippen LogP contribution in [0.1, 0.15) is 56.7 Å². The van der Waals surface area contributed by atoms with Gasteiger partial charge < -0.3 is 31.2 Å². The molecule has 2 fully saturated rings. The number of imidazole rings is 2. The molecule has 17 nitrogen and oxygen atoms in total. The molecular weight excluding hydrogens is 656 g/mol. The van der Waals surface area contributed by atoms with Gasteiger partial charge in [0.1, 0.15) is 22.5 Å². The van der Waals surface area contributed by atoms with Crippen molar-refractivity contribution in [1.29, 1.82) is 0 Å². The van der Waals surface area contributed by atoms with Gasteiger partial charge in [0.15, 0.2) is 5.65 Å². The molecule has 2 aliphatic heterocycles. The van der Waals surface area contributed by atoms with Crippen LogP contribution in [-0.4, -0.2) is 94.9 Å². The Kier molecular flexibility index (Phi) is 9.14. The number of hydrogen-bond acceptors (Lipinski definition) is 11. The number of aromatic nitrogens is 7. The van der Waals surface area contributed by atoms with Gasteiger partial charge in [0, 0.05) is 50.5 Å². The first-order valence-corrected chi connectivity index (χ1v) is 16.8. The SMILES string of the molecule is CCn1nc(C)cc1C(=O)Nc1nc2cc(C(N)=O)cnc2n1C/C=C/Cn1c(N)nc2cc(C(N)=O)cc(OCCCN3C[C@H]4C[C@@H]3CO4)c21. The van der Waals surface area contributed by atoms with E-state index in [1.807, 2.05) is 26.0 Å². The molecular formula is C34H40N12O5. The second-order valence-electron chi connectivity index (χ2n) is 12.7. The monoisotopic (exact) mass is 696 g/mol. The lowest BCUT2D eigenvalue weighted by molar-refractivity contribution is 0.0289. The van der Waals surface area contributed by atoms with Gasteiger partial charge in [-0.3, -0.25) is 33.8 Å². The number of pyridine rings is 1. The van der Waals surface area contributed by atoms with Crippen LogP contribution in [0.4, 0.5) is 11.9 Å². The summed E-state index contributed by atoms with van der Waals surface area (Å²) in [6.07, 6.45) is 7.34. The summed E-state index contributed by atoms with van der Waals surface area (Å²) in [4.78, 5) is 53.3. The van der Waals surface area contributed by atoms with Gasteiger partial charge >= 0.3 is 0 Å². The number of fused-ring (bicyclic) bond motifs is 4. The van der Waals surface area contributed by atoms with E-state index in [9.17, 15) is 14.4 Å². The van der Waals surface area contributed by atoms with E-state index in [0.717, 1.165) is 32.5 Å². The van der Waals surface area contributed by atoms with Crippen LogP contribution < -0.4 is 27.3 Å². The number of benzene rings is 1. The highest BCUT2D eigenvalue weighted by atomic mass is 16.5. The van der Waals surface area contributed by atoms with Crippen LogP contribution in [0.5, 0.6) is 5.75 Å². The summed E-state index contributed by atoms with van der Waals surface area (Å²) >= 11 is 0. The summed E-state index contributed by atoms with van der Waals surface area (Å²) in [5.41, 5.74) is 21.0. The number of nitrogens with two attached hydrogens (primary N) is 3. The van der Waals surface area contributed by atoms with Crippen molar-refractivity contribution in [3.05, 3.63) is 65.1 Å². The Labute approximate surface area is 292 Å². The third-order valence-corrected chi connectivity index (χ3v) is 9.25. The molecule has 0 unspecified atom stereocenters. The molecule has 2 bridgehead atoms. The van der Waals surface area contributed by atoms with Gasteiger partial charge in [-0.2, -0.15) is 5.10 Å². The number of morpholine rings is 1. The van der Waals surface area contributed by atoms with E-state index in [-0.39, 0.29) is 29.6 Å². The Bertz CT molecular complexity index is 2180. The maximum atomic E-state index is 13.3. The molecule has 5 aromatic rings. The fraction of sp³-hybridized carbons (Fsp3) is 0.382. The van der Waals surface area contributed by atoms with Gasteiger partial charge in [0.25, 0.3) is 5.91 Å². The molecule has 2 atom stereocenters. The zero-order valence-corrected chi connectivity index (χ0v) is 28.4. The maximum Gasteiger partial charge on any atom is 0.276 e. The van der Waals surface area contributed by atoms with Gasteiger partial charge in [-0.05, 0) is 51.0 Å². The molecule has 2 aliphatic rings. The van der Waals surface area contributed by atoms with E-state index >= 15 is 0 Å². The number of rotatable bonds is 14. The summed E-state index contributed by atoms with van der Waals surface area (Å²) in [5, 5.41) is 7.24. The number of allylic oxidation sites excluding steroid dienone is 2. The minimum Gasteiger partial charge on any atom is -0.491 e. The quantitative estimate of drug-likeness (QED) is 0.0967. The van der Waals surface area contributed by atoms with Gasteiger partial charge in [-0.25, -0.2) is 15.0 Å². The third-order valence-electron chi connectivity index (χ3n) is 9.25. The van der Waals surface area contributed by atoms with E-state index in [1.54, 1.807) is 32.0 Å². The van der Waals surface area contributed by atoms with Gasteiger partial charge in [-0.15, -0.1) is 0 Å². The highest BCUT2D eigenvalue weighted by Crippen LogP contribution is 2.31. The second kappa shape index (κ2) is 13.8. The summed E-state index contributed by atoms with van der Waals surface area (Å²) in [7, 11) is 0. The molecule has 3 amide bonds. The first kappa shape index (κ1) is 33.7. The van der Waals surface area contributed by atoms with Crippen LogP contribution in [0.2, 0.25) is 0 Å². The van der Waals surface area contributed by atoms with Crippen molar-refractivity contribution in [2.75, 3.05) is 37.4 Å². The number of hydrogen-bond donors (Lipinski definition) is 4. The van der Waals surface area contributed by atoms with Crippen molar-refractivity contribution in [1.82, 2.24) is 38.8 Å². The van der Waals surface area contributed by atoms with E-state index in [4.69, 9.17) is 26.7 Å². The molecule has 7 rings (SSSR count). The normalized spacial score (nSPS) is 17.3. The Morgan fingerprint density at radius 1 is 1.04 bits per heavy atom. The van der Waals surface area contributed by atoms with Gasteiger partial charge in [-0.1, -0.05) is 12.2 Å². The van der Waals surface area contributed by atoms with Crippen LogP contribution >= 0.6 is 0 Å². The number of primary amides is 2. The van der Waals surface area contributed by atoms with Crippen molar-refractivity contribution in [2.24, 2.45) is 11.5 Å². The molecule has 0 spiro atoms. The van der Waals surface area contributed by atoms with Crippen LogP contribution in [0.3, 0.4) is 0 Å². The predicted molar refractivity (Wildman–Crippen MR) is 188 cm³/mol. The average Bonchev–Trinajstić information content (AvgIpc) is 3.93. The van der Waals surface area contributed by atoms with Crippen molar-refractivity contribution in [3.63, 3.8) is 0 Å². The van der Waals surface area contributed by atoms with E-state index < -0.39 is 17.7 Å². The topological polar surface area (TPSA) is 229 Å². The van der Waals surface area contributed by atoms with Crippen LogP contribution in [0.15, 0.2) is 42.6 Å². The molecule has 4 aromatic heterocycles. The molecule has 0 radical (unpaired) electrons. The van der Waals surface area contributed by atoms with Crippen LogP contribution in [-0.2, 0) is 24.4 Å². The lowest BCUT2D eigenvalue weighted by Crippen LogP contribution is -2.37. The number of carbonyl (C=O) groups excluding carboxylic acids is 3. The zero-order valence-electron chi connectivity index (χ0n) is 28.4. The summed E-state index contributed by atoms with van der Waals surface area (Å²) in [5.74, 6) is -0.700. The van der Waals surface area contributed by atoms with Crippen molar-refractivity contribution < 1.29 is 23.9 Å². The number of ether oxygens (including phenoxy) is 2. The summed E-state index contributed by atoms with van der Waals surface area (Å²) in [6.45, 7) is 7.83. The van der Waals surface area contributed by atoms with Crippen molar-refractivity contribution in [2.45, 2.75) is 58.5 Å². The largest absolute Gasteiger partial charge is 0.491 e. The van der Waals surface area contributed by atoms with Gasteiger partial charge in [0.2, 0.25) is 23.7 Å². The third kappa shape index (κ3) is 6.72. The fourth-order valence-electron chi connectivity index (χ4n) is 6.80. The van der Waals surface area contributed by atoms with Crippen molar-refractivity contribution in [3.8, 4) is 5.75 Å². The number of likely N-dealkylation sites (tertiary alicyclic amines) is 1. The molecule has 266 valence electrons. The maximum absolute atomic E-state index is 13.3. The van der Waals surface area contributed by atoms with E-state index in [2.05, 4.69) is 30.3 Å². The Hall–Kier alpha value is -5.81. The average molecular weight is 697 g/mol. The highest BCUT2D eigenvalue weighted by molar-refractivity contribution is 6.03. The van der Waals surface area contributed by atoms with E-state index in [1.165, 1.54) is 12.3 Å². The molecule has 6 heterocycles. The number of anilines is 2. The Balaban J connectivity index is 1.12. The highest BCUT2D eigenvalue weighted by Gasteiger charge is 2.38. The molecule has 0 aliphatic carbocycles. The number of carbonyl (C=O) groups is 3. The Morgan fingerprint density at radius 2 is 1.80 bits per heavy atom. The summed E-state index contributed by atoms with van der Waals surface area (Å²) in [6, 6.07) is 6.93. The molecule has 0 saturated carbocycles. The summed E-state index contributed by atoms with van der Waals surface area (Å²) < 4.78 is 17.1. The first-order valence-electron chi connectivity index (χ1n) is 16.8. The number of nitrogens with zero attached hydrogens (tertiary/aromatic N) is 8. The second-order valence-corrected chi connectivity index (χ2v) is 12.7. The standard InChI is InChI=1S/C34H40N12O5/c1-3-46-26(11-19(2)42-46)32(49)41-34-40-25-13-21(30(36)48)16-38-31(25)45(34)9-5-4-8-44-28-24(39-33(44)37)12-20(29(35)47)14-27(28)50-10-6-7-43-17-23-15-22(43)18-51-23/h4-5,11-14,16,22-23H,3,6-10,15,17-18H2,1-2H3,(H2,35,47)(H2,36,48)(H2,37,39)(H,40,41,49)/b5-4+/t22-,23-/m1/s1. The first-order chi connectivity index (χ1) is 24.6. The molecule has 17 heteroatoms. The van der Waals surface area contributed by atoms with E-state index in [0.29, 0.717) is 71.2 Å². The number of aryl methyl sites for hydroxylation is 2.